The quantitative estimate of drug-likeness (QED) is 0.411. The van der Waals surface area contributed by atoms with Crippen LogP contribution in [0.1, 0.15) is 11.1 Å². The average Bonchev–Trinajstić information content (AvgIpc) is 2.68. The van der Waals surface area contributed by atoms with E-state index in [1.165, 1.54) is 23.8 Å². The van der Waals surface area contributed by atoms with E-state index in [1.807, 2.05) is 23.1 Å². The average molecular weight is 387 g/mol. The van der Waals surface area contributed by atoms with E-state index in [9.17, 15) is 14.9 Å². The zero-order chi connectivity index (χ0) is 18.4. The number of hydrogen-bond donors (Lipinski definition) is 0. The summed E-state index contributed by atoms with van der Waals surface area (Å²) in [6, 6.07) is 16.5. The molecule has 0 aliphatic carbocycles. The van der Waals surface area contributed by atoms with Crippen molar-refractivity contribution in [2.45, 2.75) is 6.54 Å². The fourth-order valence-electron chi connectivity index (χ4n) is 2.95. The van der Waals surface area contributed by atoms with Gasteiger partial charge in [0.05, 0.1) is 4.92 Å². The molecule has 27 heavy (non-hydrogen) atoms. The third kappa shape index (κ3) is 5.91. The molecule has 0 saturated carbocycles. The van der Waals surface area contributed by atoms with Crippen LogP contribution in [-0.2, 0) is 11.3 Å². The van der Waals surface area contributed by atoms with Gasteiger partial charge >= 0.3 is 0 Å². The Bertz CT molecular complexity index is 786. The van der Waals surface area contributed by atoms with E-state index in [2.05, 4.69) is 17.0 Å². The highest BCUT2D eigenvalue weighted by Gasteiger charge is 2.19. The molecular weight excluding hydrogens is 366 g/mol. The van der Waals surface area contributed by atoms with Gasteiger partial charge in [-0.1, -0.05) is 30.3 Å². The molecule has 0 atom stereocenters. The fraction of sp³-hybridized carbons (Fsp3) is 0.250. The maximum absolute atomic E-state index is 12.3. The zero-order valence-electron chi connectivity index (χ0n) is 14.8. The molecule has 7 heteroatoms. The summed E-state index contributed by atoms with van der Waals surface area (Å²) < 4.78 is 0. The van der Waals surface area contributed by atoms with Crippen LogP contribution in [0.2, 0.25) is 0 Å². The van der Waals surface area contributed by atoms with E-state index in [-0.39, 0.29) is 24.0 Å². The molecule has 0 N–H and O–H groups in total. The minimum atomic E-state index is -0.437. The molecule has 0 unspecified atom stereocenters. The normalized spacial score (nSPS) is 14.7. The molecule has 1 aliphatic heterocycles. The lowest BCUT2D eigenvalue weighted by atomic mass is 10.2. The Labute approximate surface area is 164 Å². The topological polar surface area (TPSA) is 66.7 Å². The smallest absolute Gasteiger partial charge is 0.269 e. The molecular formula is C20H21ClN3O3-. The van der Waals surface area contributed by atoms with E-state index in [0.717, 1.165) is 25.2 Å². The Morgan fingerprint density at radius 1 is 1.00 bits per heavy atom. The van der Waals surface area contributed by atoms with Crippen molar-refractivity contribution in [2.24, 2.45) is 0 Å². The third-order valence-electron chi connectivity index (χ3n) is 4.46. The summed E-state index contributed by atoms with van der Waals surface area (Å²) >= 11 is 0. The standard InChI is InChI=1S/C20H21N3O3.ClH/c24-20(11-8-17-6-9-19(10-7-17)23(25)26)22-14-12-21(13-15-22)16-18-4-2-1-3-5-18;/h1-11H,12-16H2;1H/p-1/b11-8+;. The molecule has 0 bridgehead atoms. The number of carbonyl (C=O) groups is 1. The minimum absolute atomic E-state index is 0. The van der Waals surface area contributed by atoms with Gasteiger partial charge in [0.2, 0.25) is 5.91 Å². The van der Waals surface area contributed by atoms with Crippen molar-refractivity contribution in [3.8, 4) is 0 Å². The van der Waals surface area contributed by atoms with Gasteiger partial charge in [0, 0.05) is 50.9 Å². The van der Waals surface area contributed by atoms with Crippen molar-refractivity contribution >= 4 is 17.7 Å². The number of halogens is 1. The monoisotopic (exact) mass is 386 g/mol. The second-order valence-corrected chi connectivity index (χ2v) is 6.27. The van der Waals surface area contributed by atoms with Crippen LogP contribution in [0, 0.1) is 10.1 Å². The number of benzene rings is 2. The van der Waals surface area contributed by atoms with Gasteiger partial charge in [0.1, 0.15) is 0 Å². The van der Waals surface area contributed by atoms with Crippen LogP contribution in [0.3, 0.4) is 0 Å². The molecule has 1 amide bonds. The molecule has 6 nitrogen and oxygen atoms in total. The summed E-state index contributed by atoms with van der Waals surface area (Å²) in [6.45, 7) is 4.02. The number of nitrogens with zero attached hydrogens (tertiary/aromatic N) is 3. The molecule has 0 aromatic heterocycles. The first-order valence-corrected chi connectivity index (χ1v) is 8.59. The molecule has 2 aromatic carbocycles. The van der Waals surface area contributed by atoms with Crippen molar-refractivity contribution in [2.75, 3.05) is 26.2 Å². The Hall–Kier alpha value is -2.70. The Balaban J connectivity index is 0.00000261. The van der Waals surface area contributed by atoms with Crippen molar-refractivity contribution in [3.05, 3.63) is 81.9 Å². The number of amides is 1. The van der Waals surface area contributed by atoms with Crippen LogP contribution < -0.4 is 12.4 Å². The fourth-order valence-corrected chi connectivity index (χ4v) is 2.95. The second kappa shape index (κ2) is 9.85. The molecule has 3 rings (SSSR count). The minimum Gasteiger partial charge on any atom is -1.00 e. The van der Waals surface area contributed by atoms with Crippen LogP contribution >= 0.6 is 0 Å². The number of hydrogen-bond acceptors (Lipinski definition) is 4. The summed E-state index contributed by atoms with van der Waals surface area (Å²) in [6.07, 6.45) is 3.23. The predicted octanol–water partition coefficient (Wildman–Crippen LogP) is -0.0436. The van der Waals surface area contributed by atoms with Gasteiger partial charge < -0.3 is 17.3 Å². The van der Waals surface area contributed by atoms with Gasteiger partial charge in [0.25, 0.3) is 5.69 Å². The summed E-state index contributed by atoms with van der Waals surface area (Å²) in [4.78, 5) is 26.7. The molecule has 2 aromatic rings. The van der Waals surface area contributed by atoms with Gasteiger partial charge in [-0.25, -0.2) is 0 Å². The van der Waals surface area contributed by atoms with Crippen molar-refractivity contribution < 1.29 is 22.1 Å². The number of piperazine rings is 1. The number of non-ortho nitro benzene ring substituents is 1. The van der Waals surface area contributed by atoms with Crippen LogP contribution in [0.5, 0.6) is 0 Å². The van der Waals surface area contributed by atoms with Gasteiger partial charge in [-0.2, -0.15) is 0 Å². The van der Waals surface area contributed by atoms with Gasteiger partial charge in [-0.15, -0.1) is 0 Å². The summed E-state index contributed by atoms with van der Waals surface area (Å²) in [5.74, 6) is -0.0253. The van der Waals surface area contributed by atoms with E-state index in [4.69, 9.17) is 0 Å². The molecule has 1 heterocycles. The number of nitro groups is 1. The van der Waals surface area contributed by atoms with E-state index in [1.54, 1.807) is 18.2 Å². The lowest BCUT2D eigenvalue weighted by molar-refractivity contribution is -0.384. The summed E-state index contributed by atoms with van der Waals surface area (Å²) in [7, 11) is 0. The molecule has 0 radical (unpaired) electrons. The first-order chi connectivity index (χ1) is 12.6. The summed E-state index contributed by atoms with van der Waals surface area (Å²) in [5.41, 5.74) is 2.10. The molecule has 0 spiro atoms. The molecule has 1 fully saturated rings. The van der Waals surface area contributed by atoms with Gasteiger partial charge in [0.15, 0.2) is 0 Å². The molecule has 142 valence electrons. The third-order valence-corrected chi connectivity index (χ3v) is 4.46. The Morgan fingerprint density at radius 2 is 1.63 bits per heavy atom. The van der Waals surface area contributed by atoms with Crippen LogP contribution in [-0.4, -0.2) is 46.8 Å². The van der Waals surface area contributed by atoms with Gasteiger partial charge in [-0.3, -0.25) is 19.8 Å². The van der Waals surface area contributed by atoms with Crippen LogP contribution in [0.25, 0.3) is 6.08 Å². The highest BCUT2D eigenvalue weighted by molar-refractivity contribution is 5.91. The van der Waals surface area contributed by atoms with E-state index < -0.39 is 4.92 Å². The van der Waals surface area contributed by atoms with Crippen molar-refractivity contribution in [1.29, 1.82) is 0 Å². The SMILES string of the molecule is O=C(/C=C/c1ccc([N+](=O)[O-])cc1)N1CCN(Cc2ccccc2)CC1.[Cl-]. The largest absolute Gasteiger partial charge is 1.00 e. The Kier molecular flexibility index (Phi) is 7.52. The highest BCUT2D eigenvalue weighted by atomic mass is 35.5. The number of rotatable bonds is 5. The Morgan fingerprint density at radius 3 is 2.22 bits per heavy atom. The predicted molar refractivity (Wildman–Crippen MR) is 100 cm³/mol. The maximum atomic E-state index is 12.3. The second-order valence-electron chi connectivity index (χ2n) is 6.27. The van der Waals surface area contributed by atoms with Crippen molar-refractivity contribution in [3.63, 3.8) is 0 Å². The maximum Gasteiger partial charge on any atom is 0.269 e. The zero-order valence-corrected chi connectivity index (χ0v) is 15.6. The summed E-state index contributed by atoms with van der Waals surface area (Å²) in [5, 5.41) is 10.6. The highest BCUT2D eigenvalue weighted by Crippen LogP contribution is 2.13. The first-order valence-electron chi connectivity index (χ1n) is 8.59. The van der Waals surface area contributed by atoms with E-state index in [0.29, 0.717) is 13.1 Å². The number of carbonyl (C=O) groups excluding carboxylic acids is 1. The van der Waals surface area contributed by atoms with Crippen molar-refractivity contribution in [1.82, 2.24) is 9.80 Å². The van der Waals surface area contributed by atoms with E-state index >= 15 is 0 Å². The molecule has 1 saturated heterocycles. The van der Waals surface area contributed by atoms with Gasteiger partial charge in [-0.05, 0) is 29.3 Å². The lowest BCUT2D eigenvalue weighted by Gasteiger charge is -2.34. The number of nitro benzene ring substituents is 1. The van der Waals surface area contributed by atoms with Crippen LogP contribution in [0.15, 0.2) is 60.7 Å². The first kappa shape index (κ1) is 20.6. The van der Waals surface area contributed by atoms with Crippen LogP contribution in [0.4, 0.5) is 5.69 Å². The lowest BCUT2D eigenvalue weighted by Crippen LogP contribution is -3.00. The molecule has 1 aliphatic rings.